The first-order chi connectivity index (χ1) is 32.7. The SMILES string of the molecule is Cc1cc(C(C)(C)C)cc(C)c1N1c2cc(C(C)C)cc3c2B(c2cc(-c4coc5ccccc45)ccc2N3c2c(C)cc(C(C)(C)C)cc2-c2ccccc2)c2c1sc1ccc(C(C)(C)C)cc21. The fraction of sp³-hybridized carbons (Fsp3) is 0.281. The van der Waals surface area contributed by atoms with Gasteiger partial charge in [0.05, 0.1) is 22.6 Å². The van der Waals surface area contributed by atoms with Crippen LogP contribution in [0.1, 0.15) is 121 Å². The highest BCUT2D eigenvalue weighted by atomic mass is 32.1. The van der Waals surface area contributed by atoms with Gasteiger partial charge in [-0.25, -0.2) is 0 Å². The first-order valence-electron chi connectivity index (χ1n) is 25.0. The van der Waals surface area contributed by atoms with E-state index < -0.39 is 0 Å². The van der Waals surface area contributed by atoms with Gasteiger partial charge in [0.1, 0.15) is 5.58 Å². The van der Waals surface area contributed by atoms with Crippen LogP contribution >= 0.6 is 11.3 Å². The minimum Gasteiger partial charge on any atom is -0.464 e. The van der Waals surface area contributed by atoms with Crippen molar-refractivity contribution in [1.82, 2.24) is 0 Å². The van der Waals surface area contributed by atoms with Gasteiger partial charge in [-0.05, 0) is 151 Å². The van der Waals surface area contributed by atoms with Crippen LogP contribution in [0.25, 0.3) is 43.3 Å². The van der Waals surface area contributed by atoms with Crippen molar-refractivity contribution < 1.29 is 4.42 Å². The van der Waals surface area contributed by atoms with Gasteiger partial charge in [-0.3, -0.25) is 0 Å². The lowest BCUT2D eigenvalue weighted by Gasteiger charge is -2.45. The number of nitrogens with zero attached hydrogens (tertiary/aromatic N) is 2. The minimum absolute atomic E-state index is 0.0169. The molecule has 5 heteroatoms. The fourth-order valence-corrected chi connectivity index (χ4v) is 12.5. The van der Waals surface area contributed by atoms with Crippen LogP contribution in [0, 0.1) is 20.8 Å². The van der Waals surface area contributed by atoms with E-state index in [0.29, 0.717) is 0 Å². The van der Waals surface area contributed by atoms with E-state index in [-0.39, 0.29) is 28.9 Å². The van der Waals surface area contributed by atoms with Gasteiger partial charge in [0.15, 0.2) is 0 Å². The molecule has 2 aliphatic heterocycles. The zero-order valence-corrected chi connectivity index (χ0v) is 43.9. The van der Waals surface area contributed by atoms with Gasteiger partial charge in [0.2, 0.25) is 0 Å². The van der Waals surface area contributed by atoms with Crippen LogP contribution in [0.5, 0.6) is 0 Å². The Hall–Kier alpha value is -6.30. The van der Waals surface area contributed by atoms with E-state index >= 15 is 0 Å². The number of rotatable bonds is 5. The molecule has 0 fully saturated rings. The first-order valence-corrected chi connectivity index (χ1v) is 25.8. The normalized spacial score (nSPS) is 13.7. The molecule has 346 valence electrons. The molecule has 0 bridgehead atoms. The molecule has 2 aromatic heterocycles. The average Bonchev–Trinajstić information content (AvgIpc) is 3.90. The van der Waals surface area contributed by atoms with Gasteiger partial charge in [-0.1, -0.05) is 167 Å². The molecule has 0 spiro atoms. The lowest BCUT2D eigenvalue weighted by molar-refractivity contribution is 0.589. The summed E-state index contributed by atoms with van der Waals surface area (Å²) in [6.45, 7) is 32.7. The van der Waals surface area contributed by atoms with E-state index in [2.05, 4.69) is 234 Å². The summed E-state index contributed by atoms with van der Waals surface area (Å²) in [6, 6.07) is 49.0. The van der Waals surface area contributed by atoms with E-state index in [4.69, 9.17) is 4.42 Å². The molecular formula is C64H65BN2OS. The Morgan fingerprint density at radius 3 is 1.77 bits per heavy atom. The van der Waals surface area contributed by atoms with Crippen molar-refractivity contribution in [2.24, 2.45) is 0 Å². The molecule has 11 rings (SSSR count). The van der Waals surface area contributed by atoms with Crippen molar-refractivity contribution in [3.63, 3.8) is 0 Å². The first kappa shape index (κ1) is 45.2. The van der Waals surface area contributed by atoms with Crippen LogP contribution < -0.4 is 26.2 Å². The molecule has 0 radical (unpaired) electrons. The second-order valence-electron chi connectivity index (χ2n) is 23.4. The Morgan fingerprint density at radius 2 is 1.12 bits per heavy atom. The largest absolute Gasteiger partial charge is 0.464 e. The third-order valence-electron chi connectivity index (χ3n) is 15.1. The van der Waals surface area contributed by atoms with Crippen LogP contribution in [0.4, 0.5) is 33.4 Å². The third-order valence-corrected chi connectivity index (χ3v) is 16.3. The van der Waals surface area contributed by atoms with Gasteiger partial charge < -0.3 is 14.2 Å². The molecule has 0 amide bonds. The van der Waals surface area contributed by atoms with Crippen molar-refractivity contribution in [1.29, 1.82) is 0 Å². The number of hydrogen-bond donors (Lipinski definition) is 0. The summed E-state index contributed by atoms with van der Waals surface area (Å²) in [4.78, 5) is 5.36. The van der Waals surface area contributed by atoms with E-state index in [1.54, 1.807) is 0 Å². The molecule has 0 saturated carbocycles. The Morgan fingerprint density at radius 1 is 0.507 bits per heavy atom. The zero-order valence-electron chi connectivity index (χ0n) is 43.1. The summed E-state index contributed by atoms with van der Waals surface area (Å²) >= 11 is 1.96. The number of fused-ring (bicyclic) bond motifs is 7. The molecule has 4 heterocycles. The number of thiophene rings is 1. The van der Waals surface area contributed by atoms with Gasteiger partial charge in [0.25, 0.3) is 6.71 Å². The van der Waals surface area contributed by atoms with E-state index in [9.17, 15) is 0 Å². The number of aryl methyl sites for hydroxylation is 3. The van der Waals surface area contributed by atoms with Crippen molar-refractivity contribution in [2.75, 3.05) is 9.80 Å². The highest BCUT2D eigenvalue weighted by Gasteiger charge is 2.47. The quantitative estimate of drug-likeness (QED) is 0.160. The van der Waals surface area contributed by atoms with Crippen LogP contribution in [0.2, 0.25) is 0 Å². The molecule has 9 aromatic rings. The minimum atomic E-state index is -0.0559. The summed E-state index contributed by atoms with van der Waals surface area (Å²) in [7, 11) is 0. The predicted octanol–water partition coefficient (Wildman–Crippen LogP) is 17.0. The second-order valence-corrected chi connectivity index (χ2v) is 24.5. The molecular weight excluding hydrogens is 856 g/mol. The molecule has 0 aliphatic carbocycles. The van der Waals surface area contributed by atoms with E-state index in [0.717, 1.165) is 22.1 Å². The topological polar surface area (TPSA) is 19.6 Å². The van der Waals surface area contributed by atoms with Crippen molar-refractivity contribution >= 4 is 88.9 Å². The number of furan rings is 1. The number of anilines is 6. The summed E-state index contributed by atoms with van der Waals surface area (Å²) in [6.07, 6.45) is 1.96. The van der Waals surface area contributed by atoms with Crippen molar-refractivity contribution in [3.05, 3.63) is 173 Å². The Balaban J connectivity index is 1.32. The van der Waals surface area contributed by atoms with E-state index in [1.807, 2.05) is 17.6 Å². The van der Waals surface area contributed by atoms with Crippen LogP contribution in [0.15, 0.2) is 138 Å². The lowest BCUT2D eigenvalue weighted by Crippen LogP contribution is -2.61. The van der Waals surface area contributed by atoms with E-state index in [1.165, 1.54) is 110 Å². The van der Waals surface area contributed by atoms with Crippen molar-refractivity contribution in [2.45, 2.75) is 119 Å². The molecule has 0 atom stereocenters. The molecule has 0 saturated heterocycles. The Bertz CT molecular complexity index is 3510. The van der Waals surface area contributed by atoms with Gasteiger partial charge in [-0.15, -0.1) is 11.3 Å². The molecule has 7 aromatic carbocycles. The summed E-state index contributed by atoms with van der Waals surface area (Å²) in [5.74, 6) is 0.286. The number of benzene rings is 7. The lowest BCUT2D eigenvalue weighted by atomic mass is 9.33. The maximum absolute atomic E-state index is 6.28. The maximum Gasteiger partial charge on any atom is 0.254 e. The highest BCUT2D eigenvalue weighted by Crippen LogP contribution is 2.53. The van der Waals surface area contributed by atoms with Crippen LogP contribution in [-0.2, 0) is 16.2 Å². The third kappa shape index (κ3) is 7.29. The molecule has 3 nitrogen and oxygen atoms in total. The Labute approximate surface area is 414 Å². The predicted molar refractivity (Wildman–Crippen MR) is 301 cm³/mol. The van der Waals surface area contributed by atoms with Gasteiger partial charge in [0, 0.05) is 38.3 Å². The Kier molecular flexibility index (Phi) is 10.4. The molecule has 69 heavy (non-hydrogen) atoms. The van der Waals surface area contributed by atoms with Gasteiger partial charge in [-0.2, -0.15) is 0 Å². The monoisotopic (exact) mass is 920 g/mol. The zero-order chi connectivity index (χ0) is 48.6. The fourth-order valence-electron chi connectivity index (χ4n) is 11.3. The maximum atomic E-state index is 6.28. The standard InChI is InChI=1S/C64H65BN2OS/c1-37(2)43-32-53-58-54(33-43)67(59-38(3)28-45(29-39(59)4)63(9,10)11)61-57(49-34-44(62(6,7)8)25-27-56(49)69-61)65(58)51-31-42(50-36-68-55-23-19-18-22-47(50)55)24-26-52(51)66(53)60-40(5)30-46(64(12,13)14)35-48(60)41-20-16-15-17-21-41/h15-37H,1-14H3. The number of hydrogen-bond acceptors (Lipinski definition) is 4. The summed E-state index contributed by atoms with van der Waals surface area (Å²) in [5.41, 5.74) is 25.1. The highest BCUT2D eigenvalue weighted by molar-refractivity contribution is 7.26. The molecule has 0 unspecified atom stereocenters. The molecule has 2 aliphatic rings. The summed E-state index contributed by atoms with van der Waals surface area (Å²) < 4.78 is 7.60. The van der Waals surface area contributed by atoms with Crippen molar-refractivity contribution in [3.8, 4) is 22.3 Å². The second kappa shape index (κ2) is 15.9. The summed E-state index contributed by atoms with van der Waals surface area (Å²) in [5, 5.41) is 3.78. The molecule has 0 N–H and O–H groups in total. The average molecular weight is 921 g/mol. The van der Waals surface area contributed by atoms with Gasteiger partial charge >= 0.3 is 0 Å². The smallest absolute Gasteiger partial charge is 0.254 e. The van der Waals surface area contributed by atoms with Crippen LogP contribution in [-0.4, -0.2) is 6.71 Å². The van der Waals surface area contributed by atoms with Crippen LogP contribution in [0.3, 0.4) is 0 Å². The number of para-hydroxylation sites is 1.